The Balaban J connectivity index is 2.01. The summed E-state index contributed by atoms with van der Waals surface area (Å²) in [6.07, 6.45) is 4.05. The number of carbonyl (C=O) groups is 1. The van der Waals surface area contributed by atoms with E-state index in [1.807, 2.05) is 6.92 Å². The molecule has 0 bridgehead atoms. The minimum absolute atomic E-state index is 0.0683. The molecule has 16 heavy (non-hydrogen) atoms. The van der Waals surface area contributed by atoms with Crippen LogP contribution in [0.5, 0.6) is 0 Å². The van der Waals surface area contributed by atoms with Crippen LogP contribution >= 0.6 is 0 Å². The van der Waals surface area contributed by atoms with E-state index in [0.29, 0.717) is 26.2 Å². The molecule has 4 nitrogen and oxygen atoms in total. The fourth-order valence-corrected chi connectivity index (χ4v) is 2.07. The highest BCUT2D eigenvalue weighted by Crippen LogP contribution is 2.24. The quantitative estimate of drug-likeness (QED) is 0.642. The van der Waals surface area contributed by atoms with Gasteiger partial charge in [0, 0.05) is 32.1 Å². The molecule has 1 aliphatic carbocycles. The molecule has 0 saturated heterocycles. The van der Waals surface area contributed by atoms with Crippen LogP contribution in [0.15, 0.2) is 0 Å². The Morgan fingerprint density at radius 1 is 1.50 bits per heavy atom. The number of aliphatic hydroxyl groups excluding tert-OH is 1. The lowest BCUT2D eigenvalue weighted by Gasteiger charge is -2.14. The molecule has 0 aliphatic heterocycles. The minimum atomic E-state index is -0.219. The maximum Gasteiger partial charge on any atom is 0.220 e. The standard InChI is InChI=1S/C12H23NO3/c1-2-16-8-4-7-12(15)13-9-10-5-3-6-11(10)14/h10-11,14H,2-9H2,1H3,(H,13,15). The fraction of sp³-hybridized carbons (Fsp3) is 0.917. The van der Waals surface area contributed by atoms with Gasteiger partial charge in [-0.25, -0.2) is 0 Å². The molecule has 1 fully saturated rings. The molecule has 1 amide bonds. The van der Waals surface area contributed by atoms with Gasteiger partial charge in [0.2, 0.25) is 5.91 Å². The average Bonchev–Trinajstić information content (AvgIpc) is 2.67. The lowest BCUT2D eigenvalue weighted by molar-refractivity contribution is -0.121. The van der Waals surface area contributed by atoms with Crippen LogP contribution in [-0.2, 0) is 9.53 Å². The highest BCUT2D eigenvalue weighted by atomic mass is 16.5. The molecule has 2 N–H and O–H groups in total. The third kappa shape index (κ3) is 4.94. The monoisotopic (exact) mass is 229 g/mol. The van der Waals surface area contributed by atoms with E-state index in [0.717, 1.165) is 25.7 Å². The summed E-state index contributed by atoms with van der Waals surface area (Å²) in [5, 5.41) is 12.5. The number of ether oxygens (including phenoxy) is 1. The van der Waals surface area contributed by atoms with E-state index in [2.05, 4.69) is 5.32 Å². The molecule has 0 radical (unpaired) electrons. The van der Waals surface area contributed by atoms with Crippen molar-refractivity contribution in [2.24, 2.45) is 5.92 Å². The van der Waals surface area contributed by atoms with E-state index >= 15 is 0 Å². The number of hydrogen-bond acceptors (Lipinski definition) is 3. The van der Waals surface area contributed by atoms with Crippen LogP contribution in [0.3, 0.4) is 0 Å². The van der Waals surface area contributed by atoms with Gasteiger partial charge in [-0.2, -0.15) is 0 Å². The van der Waals surface area contributed by atoms with Gasteiger partial charge >= 0.3 is 0 Å². The van der Waals surface area contributed by atoms with Crippen LogP contribution in [0.2, 0.25) is 0 Å². The van der Waals surface area contributed by atoms with Crippen LogP contribution < -0.4 is 5.32 Å². The van der Waals surface area contributed by atoms with Crippen LogP contribution in [0.1, 0.15) is 39.0 Å². The maximum absolute atomic E-state index is 11.4. The molecule has 0 aromatic rings. The lowest BCUT2D eigenvalue weighted by Crippen LogP contribution is -2.32. The second-order valence-electron chi connectivity index (χ2n) is 4.36. The van der Waals surface area contributed by atoms with Crippen molar-refractivity contribution >= 4 is 5.91 Å². The number of carbonyl (C=O) groups excluding carboxylic acids is 1. The number of hydrogen-bond donors (Lipinski definition) is 2. The number of amides is 1. The van der Waals surface area contributed by atoms with Gasteiger partial charge in [0.15, 0.2) is 0 Å². The molecule has 0 aromatic heterocycles. The van der Waals surface area contributed by atoms with Crippen molar-refractivity contribution in [3.8, 4) is 0 Å². The highest BCUT2D eigenvalue weighted by Gasteiger charge is 2.25. The molecule has 0 heterocycles. The Morgan fingerprint density at radius 3 is 2.94 bits per heavy atom. The average molecular weight is 229 g/mol. The largest absolute Gasteiger partial charge is 0.393 e. The molecular weight excluding hydrogens is 206 g/mol. The van der Waals surface area contributed by atoms with Gasteiger partial charge in [0.05, 0.1) is 6.10 Å². The topological polar surface area (TPSA) is 58.6 Å². The van der Waals surface area contributed by atoms with E-state index < -0.39 is 0 Å². The van der Waals surface area contributed by atoms with Crippen LogP contribution in [0.4, 0.5) is 0 Å². The summed E-state index contributed by atoms with van der Waals surface area (Å²) in [7, 11) is 0. The predicted molar refractivity (Wildman–Crippen MR) is 62.1 cm³/mol. The predicted octanol–water partition coefficient (Wildman–Crippen LogP) is 1.08. The van der Waals surface area contributed by atoms with Gasteiger partial charge < -0.3 is 15.2 Å². The Bertz CT molecular complexity index is 208. The number of aliphatic hydroxyl groups is 1. The molecule has 94 valence electrons. The van der Waals surface area contributed by atoms with Crippen molar-refractivity contribution in [2.75, 3.05) is 19.8 Å². The summed E-state index contributed by atoms with van der Waals surface area (Å²) in [6, 6.07) is 0. The zero-order chi connectivity index (χ0) is 11.8. The third-order valence-electron chi connectivity index (χ3n) is 3.08. The van der Waals surface area contributed by atoms with Crippen molar-refractivity contribution in [1.29, 1.82) is 0 Å². The van der Waals surface area contributed by atoms with Crippen molar-refractivity contribution in [2.45, 2.75) is 45.1 Å². The Labute approximate surface area is 97.4 Å². The summed E-state index contributed by atoms with van der Waals surface area (Å²) in [5.74, 6) is 0.328. The second-order valence-corrected chi connectivity index (χ2v) is 4.36. The first-order chi connectivity index (χ1) is 7.74. The van der Waals surface area contributed by atoms with Crippen molar-refractivity contribution in [3.63, 3.8) is 0 Å². The van der Waals surface area contributed by atoms with Crippen LogP contribution in [-0.4, -0.2) is 36.9 Å². The van der Waals surface area contributed by atoms with E-state index in [1.54, 1.807) is 0 Å². The van der Waals surface area contributed by atoms with E-state index in [1.165, 1.54) is 0 Å². The fourth-order valence-electron chi connectivity index (χ4n) is 2.07. The highest BCUT2D eigenvalue weighted by molar-refractivity contribution is 5.75. The van der Waals surface area contributed by atoms with Crippen LogP contribution in [0, 0.1) is 5.92 Å². The molecule has 1 aliphatic rings. The van der Waals surface area contributed by atoms with Gasteiger partial charge in [-0.15, -0.1) is 0 Å². The van der Waals surface area contributed by atoms with Gasteiger partial charge in [-0.1, -0.05) is 6.42 Å². The summed E-state index contributed by atoms with van der Waals surface area (Å²) >= 11 is 0. The van der Waals surface area contributed by atoms with Gasteiger partial charge in [-0.05, 0) is 26.2 Å². The first kappa shape index (κ1) is 13.5. The molecule has 4 heteroatoms. The smallest absolute Gasteiger partial charge is 0.220 e. The van der Waals surface area contributed by atoms with Crippen molar-refractivity contribution in [1.82, 2.24) is 5.32 Å². The molecular formula is C12H23NO3. The first-order valence-electron chi connectivity index (χ1n) is 6.26. The Hall–Kier alpha value is -0.610. The maximum atomic E-state index is 11.4. The van der Waals surface area contributed by atoms with Crippen LogP contribution in [0.25, 0.3) is 0 Å². The molecule has 2 unspecified atom stereocenters. The number of nitrogens with one attached hydrogen (secondary N) is 1. The molecule has 2 atom stereocenters. The zero-order valence-electron chi connectivity index (χ0n) is 10.1. The summed E-state index contributed by atoms with van der Waals surface area (Å²) in [5.41, 5.74) is 0. The van der Waals surface area contributed by atoms with E-state index in [-0.39, 0.29) is 17.9 Å². The lowest BCUT2D eigenvalue weighted by atomic mass is 10.1. The third-order valence-corrected chi connectivity index (χ3v) is 3.08. The Morgan fingerprint density at radius 2 is 2.31 bits per heavy atom. The summed E-state index contributed by atoms with van der Waals surface area (Å²) < 4.78 is 5.16. The van der Waals surface area contributed by atoms with Gasteiger partial charge in [-0.3, -0.25) is 4.79 Å². The first-order valence-corrected chi connectivity index (χ1v) is 6.26. The minimum Gasteiger partial charge on any atom is -0.393 e. The Kier molecular flexibility index (Phi) is 6.42. The normalized spacial score (nSPS) is 24.6. The second kappa shape index (κ2) is 7.63. The molecule has 1 rings (SSSR count). The summed E-state index contributed by atoms with van der Waals surface area (Å²) in [4.78, 5) is 11.4. The van der Waals surface area contributed by atoms with E-state index in [4.69, 9.17) is 4.74 Å². The molecule has 1 saturated carbocycles. The molecule has 0 aromatic carbocycles. The van der Waals surface area contributed by atoms with Crippen molar-refractivity contribution < 1.29 is 14.6 Å². The SMILES string of the molecule is CCOCCCC(=O)NCC1CCCC1O. The van der Waals surface area contributed by atoms with Crippen molar-refractivity contribution in [3.05, 3.63) is 0 Å². The summed E-state index contributed by atoms with van der Waals surface area (Å²) in [6.45, 7) is 3.92. The van der Waals surface area contributed by atoms with Gasteiger partial charge in [0.1, 0.15) is 0 Å². The van der Waals surface area contributed by atoms with Gasteiger partial charge in [0.25, 0.3) is 0 Å². The van der Waals surface area contributed by atoms with E-state index in [9.17, 15) is 9.90 Å². The zero-order valence-corrected chi connectivity index (χ0v) is 10.1. The molecule has 0 spiro atoms. The number of rotatable bonds is 7.